The van der Waals surface area contributed by atoms with Gasteiger partial charge in [-0.25, -0.2) is 0 Å². The van der Waals surface area contributed by atoms with Crippen LogP contribution in [-0.4, -0.2) is 11.3 Å². The molecule has 5 heteroatoms. The molecule has 0 fully saturated rings. The van der Waals surface area contributed by atoms with Crippen LogP contribution < -0.4 is 15.8 Å². The maximum absolute atomic E-state index is 6.54. The second-order valence-corrected chi connectivity index (χ2v) is 12.5. The summed E-state index contributed by atoms with van der Waals surface area (Å²) in [6.45, 7) is -0.0849. The number of hydrogen-bond acceptors (Lipinski definition) is 3. The van der Waals surface area contributed by atoms with Crippen LogP contribution in [0, 0.1) is 0 Å². The van der Waals surface area contributed by atoms with Gasteiger partial charge in [0.2, 0.25) is 0 Å². The first-order chi connectivity index (χ1) is 23.3. The molecule has 3 aromatic heterocycles. The van der Waals surface area contributed by atoms with Gasteiger partial charge in [0.15, 0.2) is 0 Å². The first kappa shape index (κ1) is 25.0. The third kappa shape index (κ3) is 3.38. The smallest absolute Gasteiger partial charge is 0.332 e. The SMILES string of the molecule is c1ccc2c(c1)B(n1c3ccccc3c3ccccc31)c1cc3oc4ccccc4c3cc1N2c1ccc2oc3ccccc3c2c1. The average molecular weight is 600 g/mol. The summed E-state index contributed by atoms with van der Waals surface area (Å²) in [6, 6.07) is 54.2. The topological polar surface area (TPSA) is 34.5 Å². The van der Waals surface area contributed by atoms with Crippen molar-refractivity contribution in [2.75, 3.05) is 4.90 Å². The molecule has 1 aliphatic heterocycles. The van der Waals surface area contributed by atoms with Crippen LogP contribution in [0.5, 0.6) is 0 Å². The Labute approximate surface area is 269 Å². The number of rotatable bonds is 2. The Bertz CT molecular complexity index is 2840. The van der Waals surface area contributed by atoms with Gasteiger partial charge in [-0.15, -0.1) is 0 Å². The Morgan fingerprint density at radius 1 is 0.383 bits per heavy atom. The zero-order chi connectivity index (χ0) is 30.6. The van der Waals surface area contributed by atoms with Gasteiger partial charge in [0.1, 0.15) is 22.3 Å². The minimum absolute atomic E-state index is 0.0849. The van der Waals surface area contributed by atoms with E-state index in [1.54, 1.807) is 0 Å². The van der Waals surface area contributed by atoms with Crippen LogP contribution in [0.15, 0.2) is 160 Å². The summed E-state index contributed by atoms with van der Waals surface area (Å²) < 4.78 is 15.3. The Kier molecular flexibility index (Phi) is 4.89. The molecule has 0 spiro atoms. The van der Waals surface area contributed by atoms with E-state index in [1.807, 2.05) is 18.2 Å². The van der Waals surface area contributed by atoms with Crippen molar-refractivity contribution in [2.24, 2.45) is 0 Å². The lowest BCUT2D eigenvalue weighted by Gasteiger charge is -2.37. The molecule has 0 aliphatic carbocycles. The molecular weight excluding hydrogens is 575 g/mol. The highest BCUT2D eigenvalue weighted by Gasteiger charge is 2.38. The molecule has 4 nitrogen and oxygen atoms in total. The van der Waals surface area contributed by atoms with Crippen molar-refractivity contribution in [1.29, 1.82) is 0 Å². The van der Waals surface area contributed by atoms with E-state index >= 15 is 0 Å². The Morgan fingerprint density at radius 3 is 1.66 bits per heavy atom. The van der Waals surface area contributed by atoms with E-state index in [4.69, 9.17) is 8.83 Å². The molecule has 0 bridgehead atoms. The third-order valence-corrected chi connectivity index (χ3v) is 10.0. The zero-order valence-corrected chi connectivity index (χ0v) is 25.2. The minimum Gasteiger partial charge on any atom is -0.456 e. The van der Waals surface area contributed by atoms with Crippen molar-refractivity contribution in [3.8, 4) is 0 Å². The summed E-state index contributed by atoms with van der Waals surface area (Å²) in [7, 11) is 0. The van der Waals surface area contributed by atoms with Gasteiger partial charge in [0.25, 0.3) is 0 Å². The lowest BCUT2D eigenvalue weighted by molar-refractivity contribution is 0.669. The number of hydrogen-bond donors (Lipinski definition) is 0. The van der Waals surface area contributed by atoms with Gasteiger partial charge in [0, 0.05) is 60.4 Å². The molecule has 218 valence electrons. The van der Waals surface area contributed by atoms with E-state index in [0.717, 1.165) is 60.9 Å². The third-order valence-electron chi connectivity index (χ3n) is 10.0. The molecule has 4 heterocycles. The normalized spacial score (nSPS) is 13.0. The summed E-state index contributed by atoms with van der Waals surface area (Å²) in [5, 5.41) is 6.97. The second kappa shape index (κ2) is 9.18. The van der Waals surface area contributed by atoms with Gasteiger partial charge in [-0.2, -0.15) is 0 Å². The molecule has 0 amide bonds. The van der Waals surface area contributed by atoms with Gasteiger partial charge in [-0.1, -0.05) is 91.0 Å². The quantitative estimate of drug-likeness (QED) is 0.185. The van der Waals surface area contributed by atoms with E-state index < -0.39 is 0 Å². The molecule has 47 heavy (non-hydrogen) atoms. The number of benzene rings is 7. The number of anilines is 3. The largest absolute Gasteiger partial charge is 0.456 e. The maximum atomic E-state index is 6.54. The van der Waals surface area contributed by atoms with E-state index in [9.17, 15) is 0 Å². The lowest BCUT2D eigenvalue weighted by atomic mass is 9.47. The van der Waals surface area contributed by atoms with Gasteiger partial charge in [-0.05, 0) is 71.6 Å². The van der Waals surface area contributed by atoms with Crippen LogP contribution in [0.1, 0.15) is 0 Å². The average Bonchev–Trinajstić information content (AvgIpc) is 3.79. The Morgan fingerprint density at radius 2 is 0.936 bits per heavy atom. The fourth-order valence-corrected chi connectivity index (χ4v) is 8.05. The summed E-state index contributed by atoms with van der Waals surface area (Å²) >= 11 is 0. The Balaban J connectivity index is 1.27. The van der Waals surface area contributed by atoms with E-state index in [0.29, 0.717) is 0 Å². The first-order valence-electron chi connectivity index (χ1n) is 16.0. The molecule has 0 N–H and O–H groups in total. The number of fused-ring (bicyclic) bond motifs is 11. The standard InChI is InChI=1S/C42H25BN2O2/c1-6-16-35-27(11-1)28-12-2-7-17-36(28)45(35)43-33-15-5-8-18-37(33)44(26-21-22-41-31(23-26)29-13-3-9-19-39(29)46-41)38-24-32-30-14-4-10-20-40(30)47-42(32)25-34(38)43/h1-25H. The first-order valence-corrected chi connectivity index (χ1v) is 16.0. The molecule has 0 atom stereocenters. The molecule has 0 saturated carbocycles. The molecule has 1 aliphatic rings. The van der Waals surface area contributed by atoms with Crippen molar-refractivity contribution in [3.63, 3.8) is 0 Å². The highest BCUT2D eigenvalue weighted by Crippen LogP contribution is 2.43. The monoisotopic (exact) mass is 600 g/mol. The molecular formula is C42H25BN2O2. The lowest BCUT2D eigenvalue weighted by Crippen LogP contribution is -2.54. The molecule has 0 unspecified atom stereocenters. The van der Waals surface area contributed by atoms with Crippen molar-refractivity contribution < 1.29 is 8.83 Å². The number of aromatic nitrogens is 1. The Hall–Kier alpha value is -6.20. The molecule has 7 aromatic carbocycles. The van der Waals surface area contributed by atoms with Crippen LogP contribution in [0.3, 0.4) is 0 Å². The predicted molar refractivity (Wildman–Crippen MR) is 196 cm³/mol. The van der Waals surface area contributed by atoms with E-state index in [2.05, 4.69) is 143 Å². The zero-order valence-electron chi connectivity index (χ0n) is 25.2. The van der Waals surface area contributed by atoms with Crippen LogP contribution in [0.2, 0.25) is 0 Å². The summed E-state index contributed by atoms with van der Waals surface area (Å²) in [6.07, 6.45) is 0. The number of para-hydroxylation sites is 5. The molecule has 10 aromatic rings. The van der Waals surface area contributed by atoms with Crippen molar-refractivity contribution >= 4 is 101 Å². The number of furan rings is 2. The predicted octanol–water partition coefficient (Wildman–Crippen LogP) is 10.0. The van der Waals surface area contributed by atoms with Crippen LogP contribution in [-0.2, 0) is 0 Å². The van der Waals surface area contributed by atoms with Crippen molar-refractivity contribution in [3.05, 3.63) is 152 Å². The number of nitrogens with zero attached hydrogens (tertiary/aromatic N) is 2. The molecule has 11 rings (SSSR count). The van der Waals surface area contributed by atoms with Gasteiger partial charge in [0.05, 0.1) is 0 Å². The molecule has 0 saturated heterocycles. The van der Waals surface area contributed by atoms with Gasteiger partial charge < -0.3 is 18.2 Å². The van der Waals surface area contributed by atoms with E-state index in [-0.39, 0.29) is 6.85 Å². The minimum atomic E-state index is -0.0849. The summed E-state index contributed by atoms with van der Waals surface area (Å²) in [5.74, 6) is 0. The highest BCUT2D eigenvalue weighted by molar-refractivity contribution is 6.88. The van der Waals surface area contributed by atoms with Crippen LogP contribution >= 0.6 is 0 Å². The van der Waals surface area contributed by atoms with Crippen molar-refractivity contribution in [1.82, 2.24) is 4.48 Å². The van der Waals surface area contributed by atoms with Crippen LogP contribution in [0.25, 0.3) is 65.7 Å². The summed E-state index contributed by atoms with van der Waals surface area (Å²) in [4.78, 5) is 2.43. The van der Waals surface area contributed by atoms with E-state index in [1.165, 1.54) is 32.7 Å². The van der Waals surface area contributed by atoms with Crippen molar-refractivity contribution in [2.45, 2.75) is 0 Å². The van der Waals surface area contributed by atoms with Gasteiger partial charge >= 0.3 is 6.85 Å². The molecule has 0 radical (unpaired) electrons. The fourth-order valence-electron chi connectivity index (χ4n) is 8.05. The maximum Gasteiger partial charge on any atom is 0.332 e. The second-order valence-electron chi connectivity index (χ2n) is 12.5. The fraction of sp³-hybridized carbons (Fsp3) is 0. The summed E-state index contributed by atoms with van der Waals surface area (Å²) in [5.41, 5.74) is 11.8. The van der Waals surface area contributed by atoms with Gasteiger partial charge in [-0.3, -0.25) is 0 Å². The van der Waals surface area contributed by atoms with Crippen LogP contribution in [0.4, 0.5) is 17.1 Å². The highest BCUT2D eigenvalue weighted by atomic mass is 16.3.